The quantitative estimate of drug-likeness (QED) is 0.522. The van der Waals surface area contributed by atoms with Crippen LogP contribution in [0, 0.1) is 5.82 Å². The van der Waals surface area contributed by atoms with Crippen LogP contribution >= 0.6 is 0 Å². The van der Waals surface area contributed by atoms with Crippen molar-refractivity contribution < 1.29 is 18.7 Å². The molecule has 4 nitrogen and oxygen atoms in total. The Morgan fingerprint density at radius 1 is 0.846 bits per heavy atom. The number of hydrogen-bond acceptors (Lipinski definition) is 4. The van der Waals surface area contributed by atoms with Gasteiger partial charge in [-0.25, -0.2) is 9.18 Å². The zero-order chi connectivity index (χ0) is 18.4. The molecule has 3 rings (SSSR count). The monoisotopic (exact) mass is 349 g/mol. The number of nitrogens with one attached hydrogen (secondary N) is 1. The number of benzene rings is 3. The maximum absolute atomic E-state index is 13.0. The predicted octanol–water partition coefficient (Wildman–Crippen LogP) is 4.61. The van der Waals surface area contributed by atoms with Crippen molar-refractivity contribution in [3.8, 4) is 0 Å². The molecule has 0 spiro atoms. The lowest BCUT2D eigenvalue weighted by Crippen LogP contribution is -2.15. The van der Waals surface area contributed by atoms with Crippen LogP contribution in [0.15, 0.2) is 78.9 Å². The largest absolute Gasteiger partial charge is 0.454 e. The molecular weight excluding hydrogens is 333 g/mol. The number of anilines is 2. The van der Waals surface area contributed by atoms with Crippen molar-refractivity contribution >= 4 is 23.1 Å². The van der Waals surface area contributed by atoms with Gasteiger partial charge in [-0.3, -0.25) is 4.79 Å². The zero-order valence-electron chi connectivity index (χ0n) is 13.8. The van der Waals surface area contributed by atoms with Crippen LogP contribution in [-0.4, -0.2) is 18.4 Å². The standard InChI is InChI=1S/C21H16FNO3/c22-16-10-12-17(13-11-16)23-19-9-5-4-8-18(19)21(25)26-14-20(24)15-6-2-1-3-7-15/h1-13,23H,14H2. The molecule has 0 unspecified atom stereocenters. The van der Waals surface area contributed by atoms with Crippen molar-refractivity contribution in [3.63, 3.8) is 0 Å². The van der Waals surface area contributed by atoms with E-state index in [1.165, 1.54) is 12.1 Å². The number of para-hydroxylation sites is 1. The maximum Gasteiger partial charge on any atom is 0.340 e. The molecule has 0 bridgehead atoms. The average Bonchev–Trinajstić information content (AvgIpc) is 2.68. The summed E-state index contributed by atoms with van der Waals surface area (Å²) in [5.74, 6) is -1.23. The van der Waals surface area contributed by atoms with Crippen LogP contribution in [0.25, 0.3) is 0 Å². The van der Waals surface area contributed by atoms with Gasteiger partial charge in [0.1, 0.15) is 5.82 Å². The highest BCUT2D eigenvalue weighted by Crippen LogP contribution is 2.22. The Kier molecular flexibility index (Phi) is 5.39. The van der Waals surface area contributed by atoms with Crippen molar-refractivity contribution in [3.05, 3.63) is 95.8 Å². The van der Waals surface area contributed by atoms with Crippen molar-refractivity contribution in [2.24, 2.45) is 0 Å². The van der Waals surface area contributed by atoms with Crippen molar-refractivity contribution in [1.82, 2.24) is 0 Å². The Bertz CT molecular complexity index is 908. The van der Waals surface area contributed by atoms with Crippen LogP contribution in [0.4, 0.5) is 15.8 Å². The fraction of sp³-hybridized carbons (Fsp3) is 0.0476. The Morgan fingerprint density at radius 3 is 2.23 bits per heavy atom. The van der Waals surface area contributed by atoms with Crippen LogP contribution in [0.1, 0.15) is 20.7 Å². The Labute approximate surface area is 150 Å². The Morgan fingerprint density at radius 2 is 1.50 bits per heavy atom. The summed E-state index contributed by atoms with van der Waals surface area (Å²) in [5, 5.41) is 3.05. The lowest BCUT2D eigenvalue weighted by molar-refractivity contribution is 0.0475. The molecular formula is C21H16FNO3. The van der Waals surface area contributed by atoms with Gasteiger partial charge >= 0.3 is 5.97 Å². The van der Waals surface area contributed by atoms with Crippen LogP contribution in [0.3, 0.4) is 0 Å². The van der Waals surface area contributed by atoms with Gasteiger partial charge in [-0.1, -0.05) is 42.5 Å². The van der Waals surface area contributed by atoms with E-state index in [2.05, 4.69) is 5.32 Å². The highest BCUT2D eigenvalue weighted by atomic mass is 19.1. The summed E-state index contributed by atoms with van der Waals surface area (Å²) in [6, 6.07) is 21.2. The van der Waals surface area contributed by atoms with E-state index in [-0.39, 0.29) is 23.8 Å². The number of Topliss-reactive ketones (excluding diaryl/α,β-unsaturated/α-hetero) is 1. The molecule has 0 aliphatic rings. The second kappa shape index (κ2) is 8.07. The summed E-state index contributed by atoms with van der Waals surface area (Å²) < 4.78 is 18.2. The number of halogens is 1. The highest BCUT2D eigenvalue weighted by molar-refractivity contribution is 6.01. The molecule has 3 aromatic rings. The molecule has 0 saturated heterocycles. The lowest BCUT2D eigenvalue weighted by Gasteiger charge is -2.11. The molecule has 3 aromatic carbocycles. The van der Waals surface area contributed by atoms with Crippen LogP contribution < -0.4 is 5.32 Å². The molecule has 1 N–H and O–H groups in total. The van der Waals surface area contributed by atoms with E-state index in [0.717, 1.165) is 0 Å². The fourth-order valence-electron chi connectivity index (χ4n) is 2.38. The second-order valence-corrected chi connectivity index (χ2v) is 5.54. The third-order valence-electron chi connectivity index (χ3n) is 3.70. The van der Waals surface area contributed by atoms with Gasteiger partial charge in [0, 0.05) is 11.3 Å². The minimum Gasteiger partial charge on any atom is -0.454 e. The zero-order valence-corrected chi connectivity index (χ0v) is 13.8. The topological polar surface area (TPSA) is 55.4 Å². The molecule has 0 saturated carbocycles. The van der Waals surface area contributed by atoms with E-state index in [4.69, 9.17) is 4.74 Å². The first-order valence-electron chi connectivity index (χ1n) is 8.00. The van der Waals surface area contributed by atoms with E-state index in [1.54, 1.807) is 66.7 Å². The fourth-order valence-corrected chi connectivity index (χ4v) is 2.38. The van der Waals surface area contributed by atoms with Gasteiger partial charge in [0.15, 0.2) is 12.4 Å². The highest BCUT2D eigenvalue weighted by Gasteiger charge is 2.15. The van der Waals surface area contributed by atoms with Gasteiger partial charge in [0.05, 0.1) is 11.3 Å². The van der Waals surface area contributed by atoms with Crippen LogP contribution in [-0.2, 0) is 4.74 Å². The van der Waals surface area contributed by atoms with Gasteiger partial charge in [-0.15, -0.1) is 0 Å². The van der Waals surface area contributed by atoms with Crippen LogP contribution in [0.5, 0.6) is 0 Å². The van der Waals surface area contributed by atoms with E-state index in [9.17, 15) is 14.0 Å². The van der Waals surface area contributed by atoms with E-state index < -0.39 is 5.97 Å². The lowest BCUT2D eigenvalue weighted by atomic mass is 10.1. The predicted molar refractivity (Wildman–Crippen MR) is 97.2 cm³/mol. The van der Waals surface area contributed by atoms with Gasteiger partial charge < -0.3 is 10.1 Å². The number of hydrogen-bond donors (Lipinski definition) is 1. The second-order valence-electron chi connectivity index (χ2n) is 5.54. The number of rotatable bonds is 6. The molecule has 0 amide bonds. The molecule has 5 heteroatoms. The first-order chi connectivity index (χ1) is 12.6. The van der Waals surface area contributed by atoms with Gasteiger partial charge in [-0.05, 0) is 36.4 Å². The van der Waals surface area contributed by atoms with E-state index in [0.29, 0.717) is 16.9 Å². The molecule has 0 aliphatic heterocycles. The van der Waals surface area contributed by atoms with Crippen molar-refractivity contribution in [1.29, 1.82) is 0 Å². The van der Waals surface area contributed by atoms with Crippen molar-refractivity contribution in [2.75, 3.05) is 11.9 Å². The average molecular weight is 349 g/mol. The minimum atomic E-state index is -0.612. The summed E-state index contributed by atoms with van der Waals surface area (Å²) >= 11 is 0. The number of ketones is 1. The third kappa shape index (κ3) is 4.33. The third-order valence-corrected chi connectivity index (χ3v) is 3.70. The molecule has 26 heavy (non-hydrogen) atoms. The maximum atomic E-state index is 13.0. The SMILES string of the molecule is O=C(COC(=O)c1ccccc1Nc1ccc(F)cc1)c1ccccc1. The molecule has 130 valence electrons. The van der Waals surface area contributed by atoms with E-state index in [1.807, 2.05) is 0 Å². The van der Waals surface area contributed by atoms with Crippen LogP contribution in [0.2, 0.25) is 0 Å². The first-order valence-corrected chi connectivity index (χ1v) is 8.00. The first kappa shape index (κ1) is 17.4. The molecule has 0 aromatic heterocycles. The van der Waals surface area contributed by atoms with Gasteiger partial charge in [0.2, 0.25) is 0 Å². The molecule has 0 aliphatic carbocycles. The summed E-state index contributed by atoms with van der Waals surface area (Å²) in [5.41, 5.74) is 1.92. The van der Waals surface area contributed by atoms with Gasteiger partial charge in [-0.2, -0.15) is 0 Å². The minimum absolute atomic E-state index is 0.275. The van der Waals surface area contributed by atoms with Gasteiger partial charge in [0.25, 0.3) is 0 Å². The Balaban J connectivity index is 1.69. The molecule has 0 radical (unpaired) electrons. The molecule has 0 heterocycles. The molecule has 0 fully saturated rings. The summed E-state index contributed by atoms with van der Waals surface area (Å²) in [6.45, 7) is -0.340. The summed E-state index contributed by atoms with van der Waals surface area (Å²) in [4.78, 5) is 24.4. The Hall–Kier alpha value is -3.47. The van der Waals surface area contributed by atoms with E-state index >= 15 is 0 Å². The smallest absolute Gasteiger partial charge is 0.340 e. The normalized spacial score (nSPS) is 10.2. The number of ether oxygens (including phenoxy) is 1. The summed E-state index contributed by atoms with van der Waals surface area (Å²) in [6.07, 6.45) is 0. The van der Waals surface area contributed by atoms with Crippen molar-refractivity contribution in [2.45, 2.75) is 0 Å². The number of esters is 1. The number of carbonyl (C=O) groups is 2. The molecule has 0 atom stereocenters. The number of carbonyl (C=O) groups excluding carboxylic acids is 2. The summed E-state index contributed by atoms with van der Waals surface area (Å²) in [7, 11) is 0.